The summed E-state index contributed by atoms with van der Waals surface area (Å²) in [6, 6.07) is 11.2. The first kappa shape index (κ1) is 21.0. The molecule has 10 heteroatoms. The van der Waals surface area contributed by atoms with Crippen LogP contribution in [0.3, 0.4) is 0 Å². The highest BCUT2D eigenvalue weighted by atomic mass is 32.2. The number of hydrogen-bond acceptors (Lipinski definition) is 10. The molecule has 31 heavy (non-hydrogen) atoms. The monoisotopic (exact) mass is 446 g/mol. The average Bonchev–Trinajstić information content (AvgIpc) is 3.10. The lowest BCUT2D eigenvalue weighted by Gasteiger charge is -2.20. The first-order valence-electron chi connectivity index (χ1n) is 9.82. The molecule has 0 N–H and O–H groups in total. The predicted molar refractivity (Wildman–Crippen MR) is 117 cm³/mol. The van der Waals surface area contributed by atoms with Crippen LogP contribution in [0.15, 0.2) is 57.0 Å². The van der Waals surface area contributed by atoms with Gasteiger partial charge in [0.1, 0.15) is 22.2 Å². The van der Waals surface area contributed by atoms with Crippen LogP contribution in [0.25, 0.3) is 0 Å². The Balaban J connectivity index is 1.63. The van der Waals surface area contributed by atoms with Gasteiger partial charge in [-0.1, -0.05) is 12.8 Å². The average molecular weight is 447 g/mol. The van der Waals surface area contributed by atoms with Crippen molar-refractivity contribution < 1.29 is 0 Å². The Morgan fingerprint density at radius 2 is 1.23 bits per heavy atom. The molecule has 1 aliphatic rings. The predicted octanol–water partition coefficient (Wildman–Crippen LogP) is 4.09. The maximum Gasteiger partial charge on any atom is 0.230 e. The molecule has 0 aliphatic carbocycles. The Kier molecular flexibility index (Phi) is 6.92. The van der Waals surface area contributed by atoms with Crippen molar-refractivity contribution in [1.82, 2.24) is 24.9 Å². The minimum absolute atomic E-state index is 0.508. The largest absolute Gasteiger partial charge is 0.341 e. The molecule has 0 radical (unpaired) electrons. The Morgan fingerprint density at radius 1 is 0.710 bits per heavy atom. The molecular weight excluding hydrogens is 428 g/mol. The summed E-state index contributed by atoms with van der Waals surface area (Å²) in [6.45, 7) is 1.84. The lowest BCUT2D eigenvalue weighted by atomic mass is 10.2. The molecule has 8 nitrogen and oxygen atoms in total. The van der Waals surface area contributed by atoms with E-state index in [-0.39, 0.29) is 0 Å². The van der Waals surface area contributed by atoms with Crippen LogP contribution in [0.4, 0.5) is 5.95 Å². The fourth-order valence-electron chi connectivity index (χ4n) is 3.03. The number of rotatable bonds is 5. The standard InChI is InChI=1S/C21H18N8S2/c22-11-15-5-7-17(24-13-15)30-20-26-19(29-9-3-1-2-4-10-29)27-21(28-20)31-18-8-6-16(12-23)14-25-18/h5-8,13-14H,1-4,9-10H2. The number of pyridine rings is 2. The van der Waals surface area contributed by atoms with Crippen molar-refractivity contribution in [2.24, 2.45) is 0 Å². The van der Waals surface area contributed by atoms with Gasteiger partial charge in [0.05, 0.1) is 11.1 Å². The van der Waals surface area contributed by atoms with Crippen molar-refractivity contribution >= 4 is 29.5 Å². The summed E-state index contributed by atoms with van der Waals surface area (Å²) in [5.41, 5.74) is 1.02. The molecule has 0 unspecified atom stereocenters. The fourth-order valence-corrected chi connectivity index (χ4v) is 4.47. The van der Waals surface area contributed by atoms with Gasteiger partial charge in [-0.2, -0.15) is 25.5 Å². The van der Waals surface area contributed by atoms with Crippen molar-refractivity contribution in [3.63, 3.8) is 0 Å². The Bertz CT molecular complexity index is 1030. The summed E-state index contributed by atoms with van der Waals surface area (Å²) in [6.07, 6.45) is 7.74. The van der Waals surface area contributed by atoms with Gasteiger partial charge in [0.15, 0.2) is 10.3 Å². The van der Waals surface area contributed by atoms with Gasteiger partial charge >= 0.3 is 0 Å². The van der Waals surface area contributed by atoms with Crippen LogP contribution in [-0.4, -0.2) is 38.0 Å². The van der Waals surface area contributed by atoms with Crippen LogP contribution in [0.2, 0.25) is 0 Å². The summed E-state index contributed by atoms with van der Waals surface area (Å²) in [5, 5.41) is 20.4. The highest BCUT2D eigenvalue weighted by Gasteiger charge is 2.17. The molecule has 154 valence electrons. The third-order valence-electron chi connectivity index (χ3n) is 4.59. The van der Waals surface area contributed by atoms with Crippen LogP contribution >= 0.6 is 23.5 Å². The van der Waals surface area contributed by atoms with Gasteiger partial charge in [0, 0.05) is 25.5 Å². The SMILES string of the molecule is N#Cc1ccc(Sc2nc(Sc3ccc(C#N)cn3)nc(N3CCCCCC3)n2)nc1. The zero-order valence-corrected chi connectivity index (χ0v) is 18.2. The molecule has 4 heterocycles. The minimum Gasteiger partial charge on any atom is -0.341 e. The van der Waals surface area contributed by atoms with Crippen molar-refractivity contribution in [2.45, 2.75) is 46.0 Å². The molecule has 1 aliphatic heterocycles. The topological polar surface area (TPSA) is 115 Å². The quantitative estimate of drug-likeness (QED) is 0.567. The number of nitrogens with zero attached hydrogens (tertiary/aromatic N) is 8. The van der Waals surface area contributed by atoms with E-state index >= 15 is 0 Å². The van der Waals surface area contributed by atoms with Crippen molar-refractivity contribution in [3.05, 3.63) is 47.8 Å². The summed E-state index contributed by atoms with van der Waals surface area (Å²) in [4.78, 5) is 24.8. The zero-order valence-electron chi connectivity index (χ0n) is 16.6. The summed E-state index contributed by atoms with van der Waals surface area (Å²) >= 11 is 2.67. The molecule has 4 rings (SSSR count). The molecule has 1 fully saturated rings. The second-order valence-electron chi connectivity index (χ2n) is 6.80. The molecule has 0 bridgehead atoms. The molecule has 0 saturated carbocycles. The van der Waals surface area contributed by atoms with Crippen molar-refractivity contribution in [3.8, 4) is 12.1 Å². The molecule has 3 aromatic rings. The first-order chi connectivity index (χ1) is 15.2. The Labute approximate surface area is 188 Å². The summed E-state index contributed by atoms with van der Waals surface area (Å²) < 4.78 is 0. The van der Waals surface area contributed by atoms with Crippen LogP contribution in [-0.2, 0) is 0 Å². The maximum atomic E-state index is 8.97. The third-order valence-corrected chi connectivity index (χ3v) is 6.23. The second-order valence-corrected chi connectivity index (χ2v) is 8.77. The maximum absolute atomic E-state index is 8.97. The van der Waals surface area contributed by atoms with Gasteiger partial charge in [-0.25, -0.2) is 9.97 Å². The molecule has 0 aromatic carbocycles. The number of nitriles is 2. The smallest absolute Gasteiger partial charge is 0.230 e. The van der Waals surface area contributed by atoms with E-state index in [1.807, 2.05) is 0 Å². The Morgan fingerprint density at radius 3 is 1.65 bits per heavy atom. The first-order valence-corrected chi connectivity index (χ1v) is 11.5. The second kappa shape index (κ2) is 10.2. The zero-order chi connectivity index (χ0) is 21.5. The fraction of sp³-hybridized carbons (Fsp3) is 0.286. The molecule has 3 aromatic heterocycles. The molecule has 0 atom stereocenters. The lowest BCUT2D eigenvalue weighted by molar-refractivity contribution is 0.710. The number of anilines is 1. The number of hydrogen-bond donors (Lipinski definition) is 0. The minimum atomic E-state index is 0.508. The van der Waals surface area contributed by atoms with Crippen molar-refractivity contribution in [2.75, 3.05) is 18.0 Å². The van der Waals surface area contributed by atoms with E-state index in [1.54, 1.807) is 24.3 Å². The van der Waals surface area contributed by atoms with E-state index in [4.69, 9.17) is 20.5 Å². The van der Waals surface area contributed by atoms with Gasteiger partial charge in [0.25, 0.3) is 0 Å². The summed E-state index contributed by atoms with van der Waals surface area (Å²) in [5.74, 6) is 0.657. The van der Waals surface area contributed by atoms with Crippen LogP contribution in [0.1, 0.15) is 36.8 Å². The van der Waals surface area contributed by atoms with Crippen LogP contribution < -0.4 is 4.90 Å². The molecule has 0 amide bonds. The Hall–Kier alpha value is -3.21. The van der Waals surface area contributed by atoms with Crippen LogP contribution in [0.5, 0.6) is 0 Å². The van der Waals surface area contributed by atoms with E-state index in [9.17, 15) is 0 Å². The van der Waals surface area contributed by atoms with Gasteiger partial charge < -0.3 is 4.90 Å². The van der Waals surface area contributed by atoms with E-state index < -0.39 is 0 Å². The van der Waals surface area contributed by atoms with E-state index in [1.165, 1.54) is 48.8 Å². The summed E-state index contributed by atoms with van der Waals surface area (Å²) in [7, 11) is 0. The van der Waals surface area contributed by atoms with Gasteiger partial charge in [-0.15, -0.1) is 0 Å². The van der Waals surface area contributed by atoms with E-state index in [2.05, 4.69) is 32.0 Å². The van der Waals surface area contributed by atoms with Crippen molar-refractivity contribution in [1.29, 1.82) is 10.5 Å². The van der Waals surface area contributed by atoms with Gasteiger partial charge in [0.2, 0.25) is 5.95 Å². The normalized spacial score (nSPS) is 13.8. The van der Waals surface area contributed by atoms with E-state index in [0.29, 0.717) is 37.4 Å². The third kappa shape index (κ3) is 5.69. The van der Waals surface area contributed by atoms with Gasteiger partial charge in [-0.3, -0.25) is 0 Å². The van der Waals surface area contributed by atoms with Crippen LogP contribution in [0, 0.1) is 22.7 Å². The lowest BCUT2D eigenvalue weighted by Crippen LogP contribution is -2.26. The van der Waals surface area contributed by atoms with Gasteiger partial charge in [-0.05, 0) is 60.6 Å². The highest BCUT2D eigenvalue weighted by molar-refractivity contribution is 7.99. The molecule has 1 saturated heterocycles. The molecule has 0 spiro atoms. The number of aromatic nitrogens is 5. The molecular formula is C21H18N8S2. The highest BCUT2D eigenvalue weighted by Crippen LogP contribution is 2.30. The van der Waals surface area contributed by atoms with E-state index in [0.717, 1.165) is 25.9 Å².